The van der Waals surface area contributed by atoms with E-state index in [1.807, 2.05) is 31.8 Å². The van der Waals surface area contributed by atoms with Gasteiger partial charge in [-0.15, -0.1) is 0 Å². The molecule has 3 heterocycles. The van der Waals surface area contributed by atoms with Gasteiger partial charge in [0.2, 0.25) is 0 Å². The average molecular weight is 301 g/mol. The van der Waals surface area contributed by atoms with E-state index in [0.29, 0.717) is 5.92 Å². The molecule has 6 nitrogen and oxygen atoms in total. The maximum absolute atomic E-state index is 5.14. The molecule has 1 fully saturated rings. The Balaban J connectivity index is 1.55. The van der Waals surface area contributed by atoms with Crippen LogP contribution in [0.15, 0.2) is 24.8 Å². The Bertz CT molecular complexity index is 595. The molecule has 0 amide bonds. The molecule has 0 bridgehead atoms. The fourth-order valence-corrected chi connectivity index (χ4v) is 2.96. The van der Waals surface area contributed by atoms with Crippen LogP contribution in [0.3, 0.4) is 0 Å². The van der Waals surface area contributed by atoms with E-state index in [9.17, 15) is 0 Å². The molecule has 2 aromatic rings. The number of nitrogens with zero attached hydrogens (tertiary/aromatic N) is 5. The Morgan fingerprint density at radius 3 is 2.86 bits per heavy atom. The molecule has 0 aromatic carbocycles. The predicted molar refractivity (Wildman–Crippen MR) is 84.4 cm³/mol. The van der Waals surface area contributed by atoms with Crippen LogP contribution in [0.25, 0.3) is 11.3 Å². The van der Waals surface area contributed by atoms with E-state index in [2.05, 4.69) is 20.0 Å². The Morgan fingerprint density at radius 2 is 2.18 bits per heavy atom. The summed E-state index contributed by atoms with van der Waals surface area (Å²) in [6.07, 6.45) is 9.76. The summed E-state index contributed by atoms with van der Waals surface area (Å²) in [6.45, 7) is 4.13. The summed E-state index contributed by atoms with van der Waals surface area (Å²) in [7, 11) is 3.66. The molecule has 3 rings (SSSR count). The topological polar surface area (TPSA) is 56.1 Å². The Labute approximate surface area is 131 Å². The fourth-order valence-electron chi connectivity index (χ4n) is 2.96. The van der Waals surface area contributed by atoms with Gasteiger partial charge in [0.25, 0.3) is 0 Å². The summed E-state index contributed by atoms with van der Waals surface area (Å²) in [5.41, 5.74) is 2.96. The minimum Gasteiger partial charge on any atom is -0.383 e. The van der Waals surface area contributed by atoms with Crippen molar-refractivity contribution in [1.82, 2.24) is 24.6 Å². The molecule has 118 valence electrons. The Hall–Kier alpha value is -1.79. The number of hydrogen-bond acceptors (Lipinski definition) is 5. The lowest BCUT2D eigenvalue weighted by atomic mass is 10.0. The molecule has 2 aromatic heterocycles. The molecule has 0 saturated carbocycles. The molecular weight excluding hydrogens is 278 g/mol. The van der Waals surface area contributed by atoms with Crippen molar-refractivity contribution in [1.29, 1.82) is 0 Å². The van der Waals surface area contributed by atoms with Gasteiger partial charge in [-0.25, -0.2) is 0 Å². The van der Waals surface area contributed by atoms with Crippen molar-refractivity contribution in [2.45, 2.75) is 12.8 Å². The molecule has 1 aliphatic heterocycles. The maximum Gasteiger partial charge on any atom is 0.0916 e. The van der Waals surface area contributed by atoms with Gasteiger partial charge in [-0.05, 0) is 25.3 Å². The Kier molecular flexibility index (Phi) is 4.80. The van der Waals surface area contributed by atoms with Gasteiger partial charge in [0.15, 0.2) is 0 Å². The normalized spacial score (nSPS) is 18.9. The molecule has 6 heteroatoms. The van der Waals surface area contributed by atoms with Crippen LogP contribution in [0.2, 0.25) is 0 Å². The number of hydrogen-bond donors (Lipinski definition) is 0. The van der Waals surface area contributed by atoms with E-state index < -0.39 is 0 Å². The van der Waals surface area contributed by atoms with Crippen LogP contribution >= 0.6 is 0 Å². The molecular formula is C16H23N5O. The van der Waals surface area contributed by atoms with E-state index in [-0.39, 0.29) is 0 Å². The van der Waals surface area contributed by atoms with Crippen molar-refractivity contribution in [3.8, 4) is 11.3 Å². The Morgan fingerprint density at radius 1 is 1.27 bits per heavy atom. The van der Waals surface area contributed by atoms with Gasteiger partial charge in [-0.1, -0.05) is 0 Å². The number of methoxy groups -OCH3 is 1. The second kappa shape index (κ2) is 6.98. The molecule has 0 unspecified atom stereocenters. The lowest BCUT2D eigenvalue weighted by molar-refractivity contribution is 0.159. The second-order valence-corrected chi connectivity index (χ2v) is 5.95. The maximum atomic E-state index is 5.14. The summed E-state index contributed by atoms with van der Waals surface area (Å²) in [4.78, 5) is 11.6. The second-order valence-electron chi connectivity index (χ2n) is 5.95. The average Bonchev–Trinajstić information content (AvgIpc) is 3.15. The summed E-state index contributed by atoms with van der Waals surface area (Å²) in [5, 5.41) is 4.16. The van der Waals surface area contributed by atoms with Gasteiger partial charge in [-0.2, -0.15) is 5.10 Å². The first-order valence-corrected chi connectivity index (χ1v) is 7.76. The van der Waals surface area contributed by atoms with Crippen LogP contribution in [-0.2, 0) is 18.2 Å². The van der Waals surface area contributed by atoms with E-state index >= 15 is 0 Å². The standard InChI is InChI=1S/C16H23N5O/c1-20-12-14(8-19-20)16-10-17-15(9-18-16)7-13-3-4-21(11-13)5-6-22-2/h8-10,12-13H,3-7,11H2,1-2H3/t13-/m1/s1. The lowest BCUT2D eigenvalue weighted by Crippen LogP contribution is -2.25. The van der Waals surface area contributed by atoms with Crippen molar-refractivity contribution in [2.75, 3.05) is 33.4 Å². The number of ether oxygens (including phenoxy) is 1. The van der Waals surface area contributed by atoms with Crippen molar-refractivity contribution < 1.29 is 4.74 Å². The quantitative estimate of drug-likeness (QED) is 0.807. The van der Waals surface area contributed by atoms with E-state index in [1.54, 1.807) is 11.8 Å². The first kappa shape index (κ1) is 15.1. The molecule has 0 spiro atoms. The van der Waals surface area contributed by atoms with Crippen molar-refractivity contribution in [2.24, 2.45) is 13.0 Å². The van der Waals surface area contributed by atoms with Crippen molar-refractivity contribution in [3.05, 3.63) is 30.5 Å². The van der Waals surface area contributed by atoms with Gasteiger partial charge in [0.05, 0.1) is 30.4 Å². The lowest BCUT2D eigenvalue weighted by Gasteiger charge is -2.15. The smallest absolute Gasteiger partial charge is 0.0916 e. The third-order valence-corrected chi connectivity index (χ3v) is 4.19. The van der Waals surface area contributed by atoms with Gasteiger partial charge >= 0.3 is 0 Å². The molecule has 1 atom stereocenters. The highest BCUT2D eigenvalue weighted by molar-refractivity contribution is 5.55. The SMILES string of the molecule is COCCN1CC[C@H](Cc2cnc(-c3cnn(C)c3)cn2)C1. The van der Waals surface area contributed by atoms with E-state index in [4.69, 9.17) is 4.74 Å². The van der Waals surface area contributed by atoms with Crippen molar-refractivity contribution >= 4 is 0 Å². The monoisotopic (exact) mass is 301 g/mol. The molecule has 0 N–H and O–H groups in total. The van der Waals surface area contributed by atoms with E-state index in [1.165, 1.54) is 6.42 Å². The van der Waals surface area contributed by atoms with Gasteiger partial charge in [0.1, 0.15) is 0 Å². The third kappa shape index (κ3) is 3.69. The molecule has 0 radical (unpaired) electrons. The molecule has 1 saturated heterocycles. The zero-order valence-corrected chi connectivity index (χ0v) is 13.3. The predicted octanol–water partition coefficient (Wildman–Crippen LogP) is 1.39. The molecule has 0 aliphatic carbocycles. The van der Waals surface area contributed by atoms with Crippen LogP contribution in [0.4, 0.5) is 0 Å². The van der Waals surface area contributed by atoms with Gasteiger partial charge in [-0.3, -0.25) is 14.6 Å². The number of likely N-dealkylation sites (tertiary alicyclic amines) is 1. The largest absolute Gasteiger partial charge is 0.383 e. The highest BCUT2D eigenvalue weighted by Gasteiger charge is 2.22. The minimum atomic E-state index is 0.676. The van der Waals surface area contributed by atoms with Crippen LogP contribution in [0.5, 0.6) is 0 Å². The summed E-state index contributed by atoms with van der Waals surface area (Å²) in [6, 6.07) is 0. The highest BCUT2D eigenvalue weighted by atomic mass is 16.5. The third-order valence-electron chi connectivity index (χ3n) is 4.19. The van der Waals surface area contributed by atoms with Crippen LogP contribution in [0.1, 0.15) is 12.1 Å². The zero-order valence-electron chi connectivity index (χ0n) is 13.3. The van der Waals surface area contributed by atoms with Crippen LogP contribution in [-0.4, -0.2) is 58.0 Å². The molecule has 22 heavy (non-hydrogen) atoms. The fraction of sp³-hybridized carbons (Fsp3) is 0.562. The number of aryl methyl sites for hydroxylation is 1. The van der Waals surface area contributed by atoms with Crippen molar-refractivity contribution in [3.63, 3.8) is 0 Å². The first-order chi connectivity index (χ1) is 10.7. The number of rotatable bonds is 6. The van der Waals surface area contributed by atoms with Gasteiger partial charge < -0.3 is 9.64 Å². The van der Waals surface area contributed by atoms with E-state index in [0.717, 1.165) is 49.6 Å². The minimum absolute atomic E-state index is 0.676. The van der Waals surface area contributed by atoms with Gasteiger partial charge in [0, 0.05) is 45.2 Å². The molecule has 1 aliphatic rings. The highest BCUT2D eigenvalue weighted by Crippen LogP contribution is 2.20. The number of aromatic nitrogens is 4. The summed E-state index contributed by atoms with van der Waals surface area (Å²) < 4.78 is 6.92. The summed E-state index contributed by atoms with van der Waals surface area (Å²) in [5.74, 6) is 0.676. The first-order valence-electron chi connectivity index (χ1n) is 7.76. The zero-order chi connectivity index (χ0) is 15.4. The van der Waals surface area contributed by atoms with Crippen LogP contribution < -0.4 is 0 Å². The van der Waals surface area contributed by atoms with Crippen LogP contribution in [0, 0.1) is 5.92 Å². The summed E-state index contributed by atoms with van der Waals surface area (Å²) >= 11 is 0.